The van der Waals surface area contributed by atoms with Crippen LogP contribution in [0.3, 0.4) is 0 Å². The van der Waals surface area contributed by atoms with E-state index in [9.17, 15) is 4.79 Å². The molecule has 1 amide bonds. The monoisotopic (exact) mass is 303 g/mol. The van der Waals surface area contributed by atoms with Crippen LogP contribution in [-0.4, -0.2) is 29.4 Å². The molecule has 0 spiro atoms. The van der Waals surface area contributed by atoms with Crippen molar-refractivity contribution in [1.29, 1.82) is 0 Å². The first kappa shape index (κ1) is 13.5. The van der Waals surface area contributed by atoms with Crippen molar-refractivity contribution in [3.63, 3.8) is 0 Å². The summed E-state index contributed by atoms with van der Waals surface area (Å²) in [6.45, 7) is 2.13. The Morgan fingerprint density at radius 2 is 2.12 bits per heavy atom. The van der Waals surface area contributed by atoms with Crippen LogP contribution in [0.4, 0.5) is 0 Å². The largest absolute Gasteiger partial charge is 0.395 e. The van der Waals surface area contributed by atoms with Gasteiger partial charge in [-0.25, -0.2) is 0 Å². The molecule has 16 heavy (non-hydrogen) atoms. The average molecular weight is 304 g/mol. The Labute approximate surface area is 108 Å². The molecule has 2 N–H and O–H groups in total. The molecule has 3 nitrogen and oxygen atoms in total. The number of hydrogen-bond donors (Lipinski definition) is 2. The highest BCUT2D eigenvalue weighted by Crippen LogP contribution is 2.24. The van der Waals surface area contributed by atoms with E-state index in [2.05, 4.69) is 21.2 Å². The molecule has 1 rings (SSSR count). The Morgan fingerprint density at radius 1 is 1.50 bits per heavy atom. The zero-order valence-electron chi connectivity index (χ0n) is 8.94. The summed E-state index contributed by atoms with van der Waals surface area (Å²) in [5.41, 5.74) is 0. The van der Waals surface area contributed by atoms with E-state index in [1.807, 2.05) is 31.2 Å². The molecule has 0 aromatic heterocycles. The van der Waals surface area contributed by atoms with Crippen molar-refractivity contribution in [2.75, 3.05) is 13.2 Å². The summed E-state index contributed by atoms with van der Waals surface area (Å²) < 4.78 is 1.02. The second-order valence-electron chi connectivity index (χ2n) is 3.23. The molecular formula is C11H14BrNO2S. The number of aliphatic hydroxyl groups is 1. The van der Waals surface area contributed by atoms with Gasteiger partial charge >= 0.3 is 0 Å². The normalized spacial score (nSPS) is 12.2. The molecule has 0 fully saturated rings. The number of aliphatic hydroxyl groups excluding tert-OH is 1. The lowest BCUT2D eigenvalue weighted by Crippen LogP contribution is -2.32. The van der Waals surface area contributed by atoms with Gasteiger partial charge in [0.1, 0.15) is 0 Å². The van der Waals surface area contributed by atoms with E-state index in [-0.39, 0.29) is 17.8 Å². The number of hydrogen-bond acceptors (Lipinski definition) is 3. The van der Waals surface area contributed by atoms with E-state index in [0.29, 0.717) is 6.54 Å². The summed E-state index contributed by atoms with van der Waals surface area (Å²) in [6.07, 6.45) is 0. The highest BCUT2D eigenvalue weighted by atomic mass is 79.9. The predicted molar refractivity (Wildman–Crippen MR) is 69.6 cm³/mol. The van der Waals surface area contributed by atoms with Crippen molar-refractivity contribution in [3.8, 4) is 0 Å². The number of nitrogens with one attached hydrogen (secondary N) is 1. The van der Waals surface area contributed by atoms with Crippen LogP contribution in [0.15, 0.2) is 33.6 Å². The third-order valence-electron chi connectivity index (χ3n) is 1.91. The molecule has 0 aliphatic heterocycles. The zero-order chi connectivity index (χ0) is 12.0. The van der Waals surface area contributed by atoms with E-state index in [4.69, 9.17) is 5.11 Å². The van der Waals surface area contributed by atoms with Crippen LogP contribution in [0.1, 0.15) is 6.92 Å². The molecule has 1 atom stereocenters. The number of thioether (sulfide) groups is 1. The van der Waals surface area contributed by atoms with Crippen molar-refractivity contribution in [3.05, 3.63) is 28.7 Å². The summed E-state index contributed by atoms with van der Waals surface area (Å²) >= 11 is 4.85. The van der Waals surface area contributed by atoms with Gasteiger partial charge in [0.05, 0.1) is 11.9 Å². The Morgan fingerprint density at radius 3 is 2.69 bits per heavy atom. The Hall–Kier alpha value is -0.520. The lowest BCUT2D eigenvalue weighted by Gasteiger charge is -2.11. The van der Waals surface area contributed by atoms with Gasteiger partial charge in [0.15, 0.2) is 0 Å². The van der Waals surface area contributed by atoms with Crippen LogP contribution in [0.2, 0.25) is 0 Å². The van der Waals surface area contributed by atoms with Gasteiger partial charge in [0.2, 0.25) is 5.91 Å². The summed E-state index contributed by atoms with van der Waals surface area (Å²) in [7, 11) is 0. The van der Waals surface area contributed by atoms with E-state index in [1.165, 1.54) is 11.8 Å². The SMILES string of the molecule is CC(Sc1ccc(Br)cc1)C(=O)NCCO. The van der Waals surface area contributed by atoms with Gasteiger partial charge in [-0.15, -0.1) is 11.8 Å². The number of carbonyl (C=O) groups is 1. The molecule has 1 aromatic carbocycles. The van der Waals surface area contributed by atoms with Gasteiger partial charge in [0, 0.05) is 15.9 Å². The fraction of sp³-hybridized carbons (Fsp3) is 0.364. The molecule has 0 saturated carbocycles. The topological polar surface area (TPSA) is 49.3 Å². The van der Waals surface area contributed by atoms with Crippen LogP contribution in [0, 0.1) is 0 Å². The van der Waals surface area contributed by atoms with Crippen LogP contribution >= 0.6 is 27.7 Å². The van der Waals surface area contributed by atoms with Crippen molar-refractivity contribution in [2.24, 2.45) is 0 Å². The molecule has 0 aliphatic rings. The summed E-state index contributed by atoms with van der Waals surface area (Å²) in [5.74, 6) is -0.0537. The van der Waals surface area contributed by atoms with Crippen molar-refractivity contribution >= 4 is 33.6 Å². The van der Waals surface area contributed by atoms with E-state index in [1.54, 1.807) is 0 Å². The van der Waals surface area contributed by atoms with Gasteiger partial charge in [-0.3, -0.25) is 4.79 Å². The molecule has 5 heteroatoms. The molecule has 1 unspecified atom stereocenters. The minimum atomic E-state index is -0.160. The molecular weight excluding hydrogens is 290 g/mol. The molecule has 0 heterocycles. The van der Waals surface area contributed by atoms with Crippen LogP contribution in [-0.2, 0) is 4.79 Å². The van der Waals surface area contributed by atoms with Crippen LogP contribution in [0.25, 0.3) is 0 Å². The first-order valence-electron chi connectivity index (χ1n) is 4.94. The molecule has 0 saturated heterocycles. The van der Waals surface area contributed by atoms with Gasteiger partial charge < -0.3 is 10.4 Å². The van der Waals surface area contributed by atoms with Crippen molar-refractivity contribution < 1.29 is 9.90 Å². The van der Waals surface area contributed by atoms with E-state index in [0.717, 1.165) is 9.37 Å². The average Bonchev–Trinajstić information content (AvgIpc) is 2.29. The quantitative estimate of drug-likeness (QED) is 0.819. The minimum Gasteiger partial charge on any atom is -0.395 e. The molecule has 1 aromatic rings. The Kier molecular flexibility index (Phi) is 5.87. The maximum atomic E-state index is 11.5. The standard InChI is InChI=1S/C11H14BrNO2S/c1-8(11(15)13-6-7-14)16-10-4-2-9(12)3-5-10/h2-5,8,14H,6-7H2,1H3,(H,13,15). The first-order valence-corrected chi connectivity index (χ1v) is 6.61. The number of rotatable bonds is 5. The number of benzene rings is 1. The highest BCUT2D eigenvalue weighted by molar-refractivity contribution is 9.10. The third kappa shape index (κ3) is 4.55. The maximum absolute atomic E-state index is 11.5. The van der Waals surface area contributed by atoms with Gasteiger partial charge in [-0.05, 0) is 31.2 Å². The molecule has 0 aliphatic carbocycles. The van der Waals surface area contributed by atoms with Gasteiger partial charge in [-0.1, -0.05) is 15.9 Å². The van der Waals surface area contributed by atoms with Crippen molar-refractivity contribution in [2.45, 2.75) is 17.1 Å². The molecule has 88 valence electrons. The predicted octanol–water partition coefficient (Wildman–Crippen LogP) is 2.04. The van der Waals surface area contributed by atoms with Gasteiger partial charge in [-0.2, -0.15) is 0 Å². The molecule has 0 bridgehead atoms. The van der Waals surface area contributed by atoms with E-state index < -0.39 is 0 Å². The summed E-state index contributed by atoms with van der Waals surface area (Å²) in [4.78, 5) is 12.6. The summed E-state index contributed by atoms with van der Waals surface area (Å²) in [6, 6.07) is 7.82. The van der Waals surface area contributed by atoms with Crippen LogP contribution in [0.5, 0.6) is 0 Å². The second-order valence-corrected chi connectivity index (χ2v) is 5.56. The summed E-state index contributed by atoms with van der Waals surface area (Å²) in [5, 5.41) is 11.1. The fourth-order valence-corrected chi connectivity index (χ4v) is 2.25. The second kappa shape index (κ2) is 6.93. The number of carbonyl (C=O) groups excluding carboxylic acids is 1. The maximum Gasteiger partial charge on any atom is 0.233 e. The Bertz CT molecular complexity index is 342. The van der Waals surface area contributed by atoms with Crippen molar-refractivity contribution in [1.82, 2.24) is 5.32 Å². The smallest absolute Gasteiger partial charge is 0.233 e. The van der Waals surface area contributed by atoms with E-state index >= 15 is 0 Å². The minimum absolute atomic E-state index is 0.0264. The molecule has 0 radical (unpaired) electrons. The lowest BCUT2D eigenvalue weighted by molar-refractivity contribution is -0.120. The van der Waals surface area contributed by atoms with Crippen LogP contribution < -0.4 is 5.32 Å². The van der Waals surface area contributed by atoms with Gasteiger partial charge in [0.25, 0.3) is 0 Å². The first-order chi connectivity index (χ1) is 7.63. The third-order valence-corrected chi connectivity index (χ3v) is 3.55. The fourth-order valence-electron chi connectivity index (χ4n) is 1.09. The zero-order valence-corrected chi connectivity index (χ0v) is 11.3. The lowest BCUT2D eigenvalue weighted by atomic mass is 10.4. The highest BCUT2D eigenvalue weighted by Gasteiger charge is 2.13. The Balaban J connectivity index is 2.47. The number of amides is 1. The number of halogens is 1.